The molecular formula is C33H56O4. The van der Waals surface area contributed by atoms with Crippen LogP contribution in [-0.4, -0.2) is 24.4 Å². The second-order valence-corrected chi connectivity index (χ2v) is 10.9. The van der Waals surface area contributed by atoms with Crippen LogP contribution in [0.25, 0.3) is 0 Å². The van der Waals surface area contributed by atoms with Crippen molar-refractivity contribution in [2.24, 2.45) is 23.7 Å². The quantitative estimate of drug-likeness (QED) is 0.383. The van der Waals surface area contributed by atoms with Crippen molar-refractivity contribution < 1.29 is 18.9 Å². The molecule has 0 bridgehead atoms. The van der Waals surface area contributed by atoms with Gasteiger partial charge in [0.05, 0.1) is 24.4 Å². The zero-order chi connectivity index (χ0) is 24.8. The van der Waals surface area contributed by atoms with E-state index in [1.165, 1.54) is 0 Å². The van der Waals surface area contributed by atoms with Crippen molar-refractivity contribution in [3.63, 3.8) is 0 Å². The fourth-order valence-electron chi connectivity index (χ4n) is 4.63. The van der Waals surface area contributed by atoms with Gasteiger partial charge in [-0.2, -0.15) is 0 Å². The standard InChI is InChI=1S/2C15H22O2.3CH4/c2*1-10(2)13-14(11(3)4)17-15(16-13)12-8-6-5-7-9-12;;;/h2*5-11,13-15H,1-4H3;3*1H4/t2*13-,14+,15?;;;. The van der Waals surface area contributed by atoms with Gasteiger partial charge in [-0.1, -0.05) is 138 Å². The Balaban J connectivity index is 0.000000648. The van der Waals surface area contributed by atoms with E-state index in [0.717, 1.165) is 11.1 Å². The topological polar surface area (TPSA) is 36.9 Å². The summed E-state index contributed by atoms with van der Waals surface area (Å²) in [6, 6.07) is 20.4. The predicted molar refractivity (Wildman–Crippen MR) is 157 cm³/mol. The maximum Gasteiger partial charge on any atom is 0.184 e. The molecule has 4 nitrogen and oxygen atoms in total. The van der Waals surface area contributed by atoms with Gasteiger partial charge < -0.3 is 18.9 Å². The highest BCUT2D eigenvalue weighted by atomic mass is 16.7. The van der Waals surface area contributed by atoms with E-state index in [0.29, 0.717) is 23.7 Å². The Morgan fingerprint density at radius 3 is 0.811 bits per heavy atom. The molecule has 212 valence electrons. The molecule has 0 N–H and O–H groups in total. The largest absolute Gasteiger partial charge is 0.342 e. The summed E-state index contributed by atoms with van der Waals surface area (Å²) < 4.78 is 24.2. The van der Waals surface area contributed by atoms with E-state index >= 15 is 0 Å². The van der Waals surface area contributed by atoms with E-state index < -0.39 is 0 Å². The normalized spacial score (nSPS) is 26.8. The van der Waals surface area contributed by atoms with Crippen LogP contribution in [0.2, 0.25) is 0 Å². The average Bonchev–Trinajstić information content (AvgIpc) is 3.47. The summed E-state index contributed by atoms with van der Waals surface area (Å²) in [5.41, 5.74) is 2.22. The maximum absolute atomic E-state index is 6.06. The lowest BCUT2D eigenvalue weighted by Crippen LogP contribution is -2.31. The van der Waals surface area contributed by atoms with Gasteiger partial charge in [-0.3, -0.25) is 0 Å². The number of benzene rings is 2. The third-order valence-corrected chi connectivity index (χ3v) is 6.54. The molecule has 4 rings (SSSR count). The maximum atomic E-state index is 6.06. The number of ether oxygens (including phenoxy) is 4. The molecule has 0 aromatic heterocycles. The van der Waals surface area contributed by atoms with Crippen LogP contribution >= 0.6 is 0 Å². The molecule has 2 aliphatic rings. The molecule has 0 aliphatic carbocycles. The molecule has 0 spiro atoms. The third kappa shape index (κ3) is 9.21. The number of hydrogen-bond donors (Lipinski definition) is 0. The second-order valence-electron chi connectivity index (χ2n) is 10.9. The van der Waals surface area contributed by atoms with Gasteiger partial charge in [0, 0.05) is 11.1 Å². The first kappa shape index (κ1) is 35.3. The van der Waals surface area contributed by atoms with Gasteiger partial charge in [-0.15, -0.1) is 0 Å². The molecule has 0 saturated carbocycles. The van der Waals surface area contributed by atoms with Crippen LogP contribution in [0.4, 0.5) is 0 Å². The Labute approximate surface area is 229 Å². The summed E-state index contributed by atoms with van der Waals surface area (Å²) in [7, 11) is 0. The number of hydrogen-bond acceptors (Lipinski definition) is 4. The van der Waals surface area contributed by atoms with Crippen molar-refractivity contribution in [3.8, 4) is 0 Å². The highest BCUT2D eigenvalue weighted by Crippen LogP contribution is 2.38. The minimum Gasteiger partial charge on any atom is -0.342 e. The van der Waals surface area contributed by atoms with Gasteiger partial charge in [0.2, 0.25) is 0 Å². The monoisotopic (exact) mass is 516 g/mol. The Morgan fingerprint density at radius 1 is 0.405 bits per heavy atom. The molecule has 6 atom stereocenters. The Bertz CT molecular complexity index is 730. The third-order valence-electron chi connectivity index (χ3n) is 6.54. The first-order valence-electron chi connectivity index (χ1n) is 12.9. The van der Waals surface area contributed by atoms with Gasteiger partial charge >= 0.3 is 0 Å². The minimum atomic E-state index is -0.198. The fourth-order valence-corrected chi connectivity index (χ4v) is 4.63. The number of rotatable bonds is 6. The molecule has 0 radical (unpaired) electrons. The van der Waals surface area contributed by atoms with Gasteiger partial charge in [-0.05, 0) is 23.7 Å². The van der Waals surface area contributed by atoms with E-state index in [9.17, 15) is 0 Å². The van der Waals surface area contributed by atoms with Crippen molar-refractivity contribution in [1.29, 1.82) is 0 Å². The molecule has 2 aliphatic heterocycles. The van der Waals surface area contributed by atoms with Crippen molar-refractivity contribution in [2.45, 2.75) is 115 Å². The SMILES string of the molecule is C.C.C.CC(C)[C@H]1OC(c2ccccc2)O[C@H]1C(C)C.CC(C)[C@H]1OC(c2ccccc2)O[C@H]1C(C)C. The van der Waals surface area contributed by atoms with Crippen LogP contribution in [0.1, 0.15) is 101 Å². The summed E-state index contributed by atoms with van der Waals surface area (Å²) in [5.74, 6) is 1.93. The van der Waals surface area contributed by atoms with Crippen molar-refractivity contribution in [2.75, 3.05) is 0 Å². The lowest BCUT2D eigenvalue weighted by Gasteiger charge is -2.22. The van der Waals surface area contributed by atoms with Crippen molar-refractivity contribution >= 4 is 0 Å². The lowest BCUT2D eigenvalue weighted by atomic mass is 9.94. The van der Waals surface area contributed by atoms with Gasteiger partial charge in [0.15, 0.2) is 12.6 Å². The fraction of sp³-hybridized carbons (Fsp3) is 0.636. The molecule has 2 aromatic rings. The first-order chi connectivity index (χ1) is 16.2. The van der Waals surface area contributed by atoms with Crippen molar-refractivity contribution in [1.82, 2.24) is 0 Å². The summed E-state index contributed by atoms with van der Waals surface area (Å²) >= 11 is 0. The zero-order valence-corrected chi connectivity index (χ0v) is 22.2. The molecule has 4 heteroatoms. The molecule has 2 heterocycles. The predicted octanol–water partition coefficient (Wildman–Crippen LogP) is 9.47. The highest BCUT2D eigenvalue weighted by molar-refractivity contribution is 5.17. The van der Waals surface area contributed by atoms with Gasteiger partial charge in [-0.25, -0.2) is 0 Å². The Hall–Kier alpha value is -1.72. The molecule has 2 unspecified atom stereocenters. The molecule has 37 heavy (non-hydrogen) atoms. The molecule has 0 amide bonds. The summed E-state index contributed by atoms with van der Waals surface area (Å²) in [4.78, 5) is 0. The van der Waals surface area contributed by atoms with Gasteiger partial charge in [0.1, 0.15) is 0 Å². The molecule has 2 aromatic carbocycles. The van der Waals surface area contributed by atoms with Crippen LogP contribution < -0.4 is 0 Å². The molecule has 2 fully saturated rings. The van der Waals surface area contributed by atoms with E-state index in [-0.39, 0.29) is 59.3 Å². The average molecular weight is 517 g/mol. The lowest BCUT2D eigenvalue weighted by molar-refractivity contribution is -0.0768. The van der Waals surface area contributed by atoms with E-state index in [1.54, 1.807) is 0 Å². The van der Waals surface area contributed by atoms with Crippen LogP contribution in [0.5, 0.6) is 0 Å². The van der Waals surface area contributed by atoms with E-state index in [1.807, 2.05) is 36.4 Å². The van der Waals surface area contributed by atoms with Crippen LogP contribution in [-0.2, 0) is 18.9 Å². The summed E-state index contributed by atoms with van der Waals surface area (Å²) in [6.07, 6.45) is 0.382. The van der Waals surface area contributed by atoms with Crippen molar-refractivity contribution in [3.05, 3.63) is 71.8 Å². The van der Waals surface area contributed by atoms with Crippen LogP contribution in [0.15, 0.2) is 60.7 Å². The highest BCUT2D eigenvalue weighted by Gasteiger charge is 2.41. The molecular weight excluding hydrogens is 460 g/mol. The molecule has 2 saturated heterocycles. The van der Waals surface area contributed by atoms with Crippen LogP contribution in [0, 0.1) is 23.7 Å². The summed E-state index contributed by atoms with van der Waals surface area (Å²) in [5, 5.41) is 0. The second kappa shape index (κ2) is 16.3. The Morgan fingerprint density at radius 2 is 0.622 bits per heavy atom. The van der Waals surface area contributed by atoms with E-state index in [2.05, 4.69) is 79.7 Å². The smallest absolute Gasteiger partial charge is 0.184 e. The first-order valence-corrected chi connectivity index (χ1v) is 12.9. The minimum absolute atomic E-state index is 0. The van der Waals surface area contributed by atoms with Gasteiger partial charge in [0.25, 0.3) is 0 Å². The van der Waals surface area contributed by atoms with Crippen LogP contribution in [0.3, 0.4) is 0 Å². The Kier molecular flexibility index (Phi) is 15.5. The van der Waals surface area contributed by atoms with E-state index in [4.69, 9.17) is 18.9 Å². The summed E-state index contributed by atoms with van der Waals surface area (Å²) in [6.45, 7) is 17.5. The zero-order valence-electron chi connectivity index (χ0n) is 22.2.